The number of carbonyl (C=O) groups is 1. The fraction of sp³-hybridized carbons (Fsp3) is 0.429. The van der Waals surface area contributed by atoms with Gasteiger partial charge in [0.2, 0.25) is 11.7 Å². The number of nitrogens with two attached hydrogens (primary N) is 1. The van der Waals surface area contributed by atoms with E-state index in [1.54, 1.807) is 21.3 Å². The number of benzene rings is 1. The van der Waals surface area contributed by atoms with Crippen molar-refractivity contribution in [1.29, 1.82) is 0 Å². The second-order valence-corrected chi connectivity index (χ2v) is 6.92. The van der Waals surface area contributed by atoms with E-state index < -0.39 is 0 Å². The fourth-order valence-electron chi connectivity index (χ4n) is 3.59. The Kier molecular flexibility index (Phi) is 6.36. The molecule has 1 aliphatic rings. The molecule has 150 valence electrons. The lowest BCUT2D eigenvalue weighted by Crippen LogP contribution is -2.38. The van der Waals surface area contributed by atoms with Crippen molar-refractivity contribution in [2.45, 2.75) is 19.4 Å². The Bertz CT molecular complexity index is 807. The standard InChI is InChI=1S/C21H27N3O4/c1-26-18-11-16(12-19(27-2)20(18)28-3)17-10-14(4-7-23-17)13-24-8-5-15(6-9-24)21(22)25/h4,7,10-12,15H,5-6,8-9,13H2,1-3H3,(H2,22,25). The van der Waals surface area contributed by atoms with Crippen LogP contribution < -0.4 is 19.9 Å². The van der Waals surface area contributed by atoms with E-state index in [0.29, 0.717) is 17.2 Å². The third-order valence-corrected chi connectivity index (χ3v) is 5.18. The molecule has 0 atom stereocenters. The molecular weight excluding hydrogens is 358 g/mol. The summed E-state index contributed by atoms with van der Waals surface area (Å²) in [7, 11) is 4.78. The number of pyridine rings is 1. The van der Waals surface area contributed by atoms with E-state index in [2.05, 4.69) is 16.0 Å². The van der Waals surface area contributed by atoms with E-state index in [-0.39, 0.29) is 11.8 Å². The number of piperidine rings is 1. The lowest BCUT2D eigenvalue weighted by molar-refractivity contribution is -0.123. The van der Waals surface area contributed by atoms with Crippen LogP contribution in [0.5, 0.6) is 17.2 Å². The summed E-state index contributed by atoms with van der Waals surface area (Å²) in [6.45, 7) is 2.55. The monoisotopic (exact) mass is 385 g/mol. The van der Waals surface area contributed by atoms with Gasteiger partial charge in [0.1, 0.15) is 0 Å². The molecule has 0 radical (unpaired) electrons. The Hall–Kier alpha value is -2.80. The lowest BCUT2D eigenvalue weighted by atomic mass is 9.96. The maximum absolute atomic E-state index is 11.3. The van der Waals surface area contributed by atoms with Crippen LogP contribution in [0.3, 0.4) is 0 Å². The molecule has 7 heteroatoms. The molecule has 1 amide bonds. The predicted molar refractivity (Wildman–Crippen MR) is 107 cm³/mol. The molecular formula is C21H27N3O4. The van der Waals surface area contributed by atoms with Crippen molar-refractivity contribution in [3.63, 3.8) is 0 Å². The number of hydrogen-bond donors (Lipinski definition) is 1. The highest BCUT2D eigenvalue weighted by Gasteiger charge is 2.23. The summed E-state index contributed by atoms with van der Waals surface area (Å²) in [5, 5.41) is 0. The van der Waals surface area contributed by atoms with E-state index in [4.69, 9.17) is 19.9 Å². The topological polar surface area (TPSA) is 86.9 Å². The number of amides is 1. The minimum Gasteiger partial charge on any atom is -0.493 e. The van der Waals surface area contributed by atoms with E-state index >= 15 is 0 Å². The second-order valence-electron chi connectivity index (χ2n) is 6.92. The minimum absolute atomic E-state index is 0.00322. The van der Waals surface area contributed by atoms with Crippen molar-refractivity contribution in [1.82, 2.24) is 9.88 Å². The molecule has 0 unspecified atom stereocenters. The Morgan fingerprint density at radius 2 is 1.75 bits per heavy atom. The van der Waals surface area contributed by atoms with E-state index in [0.717, 1.165) is 49.3 Å². The molecule has 2 aromatic rings. The largest absolute Gasteiger partial charge is 0.493 e. The van der Waals surface area contributed by atoms with Crippen LogP contribution >= 0.6 is 0 Å². The number of ether oxygens (including phenoxy) is 3. The molecule has 1 aromatic carbocycles. The van der Waals surface area contributed by atoms with Crippen molar-refractivity contribution in [3.05, 3.63) is 36.0 Å². The van der Waals surface area contributed by atoms with Gasteiger partial charge in [0.25, 0.3) is 0 Å². The number of rotatable bonds is 7. The number of hydrogen-bond acceptors (Lipinski definition) is 6. The van der Waals surface area contributed by atoms with Crippen LogP contribution in [0.15, 0.2) is 30.5 Å². The summed E-state index contributed by atoms with van der Waals surface area (Å²) in [6.07, 6.45) is 3.45. The quantitative estimate of drug-likeness (QED) is 0.788. The summed E-state index contributed by atoms with van der Waals surface area (Å²) < 4.78 is 16.3. The number of likely N-dealkylation sites (tertiary alicyclic amines) is 1. The van der Waals surface area contributed by atoms with Gasteiger partial charge < -0.3 is 19.9 Å². The van der Waals surface area contributed by atoms with Gasteiger partial charge in [0.05, 0.1) is 27.0 Å². The van der Waals surface area contributed by atoms with Crippen LogP contribution in [0.4, 0.5) is 0 Å². The van der Waals surface area contributed by atoms with Crippen molar-refractivity contribution >= 4 is 5.91 Å². The Labute approximate surface area is 165 Å². The van der Waals surface area contributed by atoms with Gasteiger partial charge in [-0.05, 0) is 55.8 Å². The highest BCUT2D eigenvalue weighted by Crippen LogP contribution is 2.40. The van der Waals surface area contributed by atoms with Gasteiger partial charge in [-0.3, -0.25) is 14.7 Å². The average molecular weight is 385 g/mol. The molecule has 0 saturated carbocycles. The molecule has 0 aliphatic carbocycles. The Morgan fingerprint density at radius 3 is 2.29 bits per heavy atom. The molecule has 1 fully saturated rings. The van der Waals surface area contributed by atoms with E-state index in [9.17, 15) is 4.79 Å². The Balaban J connectivity index is 1.79. The third kappa shape index (κ3) is 4.36. The first-order chi connectivity index (χ1) is 13.5. The zero-order valence-electron chi connectivity index (χ0n) is 16.6. The van der Waals surface area contributed by atoms with Crippen LogP contribution in [0.2, 0.25) is 0 Å². The summed E-state index contributed by atoms with van der Waals surface area (Å²) in [4.78, 5) is 18.2. The fourth-order valence-corrected chi connectivity index (χ4v) is 3.59. The third-order valence-electron chi connectivity index (χ3n) is 5.18. The molecule has 2 heterocycles. The molecule has 28 heavy (non-hydrogen) atoms. The van der Waals surface area contributed by atoms with Crippen molar-refractivity contribution in [2.75, 3.05) is 34.4 Å². The predicted octanol–water partition coefficient (Wildman–Crippen LogP) is 2.47. The SMILES string of the molecule is COc1cc(-c2cc(CN3CCC(C(N)=O)CC3)ccn2)cc(OC)c1OC. The minimum atomic E-state index is -0.187. The van der Waals surface area contributed by atoms with Crippen molar-refractivity contribution in [3.8, 4) is 28.5 Å². The van der Waals surface area contributed by atoms with Gasteiger partial charge in [-0.2, -0.15) is 0 Å². The summed E-state index contributed by atoms with van der Waals surface area (Å²) >= 11 is 0. The molecule has 2 N–H and O–H groups in total. The van der Waals surface area contributed by atoms with Crippen LogP contribution in [-0.2, 0) is 11.3 Å². The van der Waals surface area contributed by atoms with Gasteiger partial charge in [0.15, 0.2) is 11.5 Å². The smallest absolute Gasteiger partial charge is 0.220 e. The van der Waals surface area contributed by atoms with Crippen molar-refractivity contribution in [2.24, 2.45) is 11.7 Å². The molecule has 0 bridgehead atoms. The highest BCUT2D eigenvalue weighted by atomic mass is 16.5. The zero-order valence-corrected chi connectivity index (χ0v) is 16.6. The Morgan fingerprint density at radius 1 is 1.11 bits per heavy atom. The molecule has 0 spiro atoms. The molecule has 1 aliphatic heterocycles. The summed E-state index contributed by atoms with van der Waals surface area (Å²) in [5.74, 6) is 1.56. The van der Waals surface area contributed by atoms with E-state index in [1.807, 2.05) is 24.4 Å². The second kappa shape index (κ2) is 8.93. The first-order valence-electron chi connectivity index (χ1n) is 9.32. The summed E-state index contributed by atoms with van der Waals surface area (Å²) in [5.41, 5.74) is 8.31. The number of carbonyl (C=O) groups excluding carboxylic acids is 1. The van der Waals surface area contributed by atoms with Crippen LogP contribution in [0, 0.1) is 5.92 Å². The number of methoxy groups -OCH3 is 3. The van der Waals surface area contributed by atoms with Gasteiger partial charge in [-0.25, -0.2) is 0 Å². The molecule has 1 aromatic heterocycles. The van der Waals surface area contributed by atoms with Gasteiger partial charge in [-0.1, -0.05) is 0 Å². The maximum Gasteiger partial charge on any atom is 0.220 e. The van der Waals surface area contributed by atoms with Crippen LogP contribution in [-0.4, -0.2) is 50.2 Å². The van der Waals surface area contributed by atoms with Crippen LogP contribution in [0.1, 0.15) is 18.4 Å². The zero-order chi connectivity index (χ0) is 20.1. The van der Waals surface area contributed by atoms with Gasteiger partial charge in [-0.15, -0.1) is 0 Å². The first kappa shape index (κ1) is 19.9. The normalized spacial score (nSPS) is 15.2. The van der Waals surface area contributed by atoms with E-state index in [1.165, 1.54) is 0 Å². The summed E-state index contributed by atoms with van der Waals surface area (Å²) in [6, 6.07) is 7.88. The highest BCUT2D eigenvalue weighted by molar-refractivity contribution is 5.76. The molecule has 3 rings (SSSR count). The average Bonchev–Trinajstić information content (AvgIpc) is 2.73. The van der Waals surface area contributed by atoms with Gasteiger partial charge in [0, 0.05) is 24.2 Å². The number of primary amides is 1. The first-order valence-corrected chi connectivity index (χ1v) is 9.32. The maximum atomic E-state index is 11.3. The number of aromatic nitrogens is 1. The van der Waals surface area contributed by atoms with Crippen LogP contribution in [0.25, 0.3) is 11.3 Å². The van der Waals surface area contributed by atoms with Crippen molar-refractivity contribution < 1.29 is 19.0 Å². The molecule has 1 saturated heterocycles. The lowest BCUT2D eigenvalue weighted by Gasteiger charge is -2.30. The molecule has 7 nitrogen and oxygen atoms in total. The number of nitrogens with zero attached hydrogens (tertiary/aromatic N) is 2. The van der Waals surface area contributed by atoms with Gasteiger partial charge >= 0.3 is 0 Å².